The summed E-state index contributed by atoms with van der Waals surface area (Å²) in [5.41, 5.74) is 13.3. The molecule has 0 saturated carbocycles. The molecule has 7 aromatic rings. The molecule has 0 amide bonds. The van der Waals surface area contributed by atoms with E-state index in [1.54, 1.807) is 0 Å². The molecule has 0 atom stereocenters. The Hall–Kier alpha value is -6.44. The van der Waals surface area contributed by atoms with Crippen LogP contribution in [0.15, 0.2) is 152 Å². The zero-order valence-corrected chi connectivity index (χ0v) is 26.2. The van der Waals surface area contributed by atoms with E-state index < -0.39 is 0 Å². The molecule has 0 unspecified atom stereocenters. The Balaban J connectivity index is 1.13. The van der Waals surface area contributed by atoms with Crippen molar-refractivity contribution < 1.29 is 0 Å². The molecule has 1 aromatic heterocycles. The van der Waals surface area contributed by atoms with Crippen molar-refractivity contribution in [3.05, 3.63) is 168 Å². The minimum Gasteiger partial charge on any atom is -0.208 e. The Bertz CT molecular complexity index is 2240. The van der Waals surface area contributed by atoms with Crippen molar-refractivity contribution in [2.24, 2.45) is 0 Å². The molecule has 1 aliphatic carbocycles. The summed E-state index contributed by atoms with van der Waals surface area (Å²) in [6.45, 7) is 0. The van der Waals surface area contributed by atoms with Crippen LogP contribution in [0, 0.1) is 11.3 Å². The molecular weight excluding hydrogens is 585 g/mol. The first-order chi connectivity index (χ1) is 23.7. The standard InChI is InChI=1S/C44H30N4/c45-29-30-15-17-31(18-16-30)32-19-21-33(22-20-32)38-27-28-39(41-14-8-7-13-40(38)41)34-23-25-37(26-24-34)44-47-42(35-9-3-1-4-10-35)46-43(48-44)36-11-5-2-6-12-36/h1-6,8-12,14-28H,7,13H2. The molecular formula is C44H30N4. The number of benzene rings is 6. The Labute approximate surface area is 280 Å². The molecule has 8 rings (SSSR count). The summed E-state index contributed by atoms with van der Waals surface area (Å²) >= 11 is 0. The molecule has 0 bridgehead atoms. The van der Waals surface area contributed by atoms with E-state index >= 15 is 0 Å². The van der Waals surface area contributed by atoms with Gasteiger partial charge in [0.1, 0.15) is 0 Å². The van der Waals surface area contributed by atoms with E-state index in [4.69, 9.17) is 20.2 Å². The molecule has 226 valence electrons. The highest BCUT2D eigenvalue weighted by Gasteiger charge is 2.17. The van der Waals surface area contributed by atoms with Crippen LogP contribution in [-0.2, 0) is 6.42 Å². The van der Waals surface area contributed by atoms with E-state index in [2.05, 4.69) is 78.9 Å². The second-order valence-electron chi connectivity index (χ2n) is 11.9. The number of nitrogens with zero attached hydrogens (tertiary/aromatic N) is 4. The monoisotopic (exact) mass is 614 g/mol. The molecule has 0 aliphatic heterocycles. The topological polar surface area (TPSA) is 62.5 Å². The van der Waals surface area contributed by atoms with Crippen LogP contribution >= 0.6 is 0 Å². The lowest BCUT2D eigenvalue weighted by Crippen LogP contribution is -2.01. The third-order valence-corrected chi connectivity index (χ3v) is 8.90. The number of hydrogen-bond acceptors (Lipinski definition) is 4. The first-order valence-corrected chi connectivity index (χ1v) is 16.1. The largest absolute Gasteiger partial charge is 0.208 e. The molecule has 1 aliphatic rings. The van der Waals surface area contributed by atoms with Gasteiger partial charge in [-0.05, 0) is 69.5 Å². The van der Waals surface area contributed by atoms with Gasteiger partial charge in [-0.1, -0.05) is 146 Å². The smallest absolute Gasteiger partial charge is 0.164 e. The van der Waals surface area contributed by atoms with Gasteiger partial charge in [0.2, 0.25) is 0 Å². The molecule has 1 heterocycles. The van der Waals surface area contributed by atoms with Crippen LogP contribution in [-0.4, -0.2) is 15.0 Å². The maximum atomic E-state index is 9.14. The fourth-order valence-corrected chi connectivity index (χ4v) is 6.39. The van der Waals surface area contributed by atoms with Gasteiger partial charge in [0, 0.05) is 16.7 Å². The summed E-state index contributed by atoms with van der Waals surface area (Å²) in [4.78, 5) is 14.6. The first kappa shape index (κ1) is 29.0. The van der Waals surface area contributed by atoms with Gasteiger partial charge in [-0.25, -0.2) is 15.0 Å². The fraction of sp³-hybridized carbons (Fsp3) is 0.0455. The Morgan fingerprint density at radius 2 is 0.875 bits per heavy atom. The minimum absolute atomic E-state index is 0.649. The average Bonchev–Trinajstić information content (AvgIpc) is 3.18. The van der Waals surface area contributed by atoms with E-state index in [1.165, 1.54) is 27.8 Å². The van der Waals surface area contributed by atoms with Crippen molar-refractivity contribution in [3.8, 4) is 73.6 Å². The molecule has 48 heavy (non-hydrogen) atoms. The number of hydrogen-bond donors (Lipinski definition) is 0. The Morgan fingerprint density at radius 3 is 1.42 bits per heavy atom. The van der Waals surface area contributed by atoms with Gasteiger partial charge >= 0.3 is 0 Å². The van der Waals surface area contributed by atoms with Crippen molar-refractivity contribution in [1.29, 1.82) is 5.26 Å². The summed E-state index contributed by atoms with van der Waals surface area (Å²) in [7, 11) is 0. The summed E-state index contributed by atoms with van der Waals surface area (Å²) in [6.07, 6.45) is 6.58. The van der Waals surface area contributed by atoms with Crippen LogP contribution in [0.1, 0.15) is 23.1 Å². The van der Waals surface area contributed by atoms with Gasteiger partial charge in [-0.2, -0.15) is 5.26 Å². The van der Waals surface area contributed by atoms with Crippen molar-refractivity contribution in [3.63, 3.8) is 0 Å². The highest BCUT2D eigenvalue weighted by molar-refractivity contribution is 5.85. The van der Waals surface area contributed by atoms with Crippen LogP contribution in [0.5, 0.6) is 0 Å². The van der Waals surface area contributed by atoms with Crippen molar-refractivity contribution in [2.45, 2.75) is 12.8 Å². The van der Waals surface area contributed by atoms with Crippen molar-refractivity contribution >= 4 is 6.08 Å². The SMILES string of the molecule is N#Cc1ccc(-c2ccc(-c3ccc(-c4ccc(-c5nc(-c6ccccc6)nc(-c6ccccc6)n5)cc4)c4c3CCC=C4)cc2)cc1. The molecule has 0 radical (unpaired) electrons. The molecule has 0 spiro atoms. The fourth-order valence-electron chi connectivity index (χ4n) is 6.39. The summed E-state index contributed by atoms with van der Waals surface area (Å²) in [5.74, 6) is 1.96. The van der Waals surface area contributed by atoms with Crippen LogP contribution in [0.25, 0.3) is 73.6 Å². The minimum atomic E-state index is 0.649. The second-order valence-corrected chi connectivity index (χ2v) is 11.9. The van der Waals surface area contributed by atoms with E-state index in [0.29, 0.717) is 23.0 Å². The predicted molar refractivity (Wildman–Crippen MR) is 195 cm³/mol. The molecule has 0 N–H and O–H groups in total. The maximum absolute atomic E-state index is 9.14. The maximum Gasteiger partial charge on any atom is 0.164 e. The molecule has 6 aromatic carbocycles. The lowest BCUT2D eigenvalue weighted by atomic mass is 9.84. The molecule has 4 nitrogen and oxygen atoms in total. The number of rotatable bonds is 6. The third kappa shape index (κ3) is 5.70. The molecule has 0 saturated heterocycles. The van der Waals surface area contributed by atoms with E-state index in [-0.39, 0.29) is 0 Å². The van der Waals surface area contributed by atoms with E-state index in [9.17, 15) is 0 Å². The van der Waals surface area contributed by atoms with Crippen LogP contribution in [0.3, 0.4) is 0 Å². The van der Waals surface area contributed by atoms with Gasteiger partial charge in [0.15, 0.2) is 17.5 Å². The van der Waals surface area contributed by atoms with Crippen molar-refractivity contribution in [1.82, 2.24) is 15.0 Å². The number of allylic oxidation sites excluding steroid dienone is 1. The van der Waals surface area contributed by atoms with Crippen molar-refractivity contribution in [2.75, 3.05) is 0 Å². The van der Waals surface area contributed by atoms with Gasteiger partial charge in [0.25, 0.3) is 0 Å². The van der Waals surface area contributed by atoms with Gasteiger partial charge < -0.3 is 0 Å². The van der Waals surface area contributed by atoms with Gasteiger partial charge in [-0.15, -0.1) is 0 Å². The summed E-state index contributed by atoms with van der Waals surface area (Å²) in [5, 5.41) is 9.14. The summed E-state index contributed by atoms with van der Waals surface area (Å²) in [6, 6.07) is 51.9. The average molecular weight is 615 g/mol. The Kier molecular flexibility index (Phi) is 7.70. The second kappa shape index (κ2) is 12.7. The number of fused-ring (bicyclic) bond motifs is 1. The van der Waals surface area contributed by atoms with Crippen LogP contribution < -0.4 is 0 Å². The molecule has 0 fully saturated rings. The highest BCUT2D eigenvalue weighted by Crippen LogP contribution is 2.38. The predicted octanol–water partition coefficient (Wildman–Crippen LogP) is 10.7. The van der Waals surface area contributed by atoms with Gasteiger partial charge in [-0.3, -0.25) is 0 Å². The number of aromatic nitrogens is 3. The normalized spacial score (nSPS) is 11.9. The van der Waals surface area contributed by atoms with E-state index in [0.717, 1.165) is 46.2 Å². The zero-order chi connectivity index (χ0) is 32.3. The lowest BCUT2D eigenvalue weighted by Gasteiger charge is -2.20. The quantitative estimate of drug-likeness (QED) is 0.187. The molecule has 4 heteroatoms. The zero-order valence-electron chi connectivity index (χ0n) is 26.2. The van der Waals surface area contributed by atoms with Crippen LogP contribution in [0.2, 0.25) is 0 Å². The third-order valence-electron chi connectivity index (χ3n) is 8.90. The Morgan fingerprint density at radius 1 is 0.438 bits per heavy atom. The highest BCUT2D eigenvalue weighted by atomic mass is 15.0. The van der Waals surface area contributed by atoms with E-state index in [1.807, 2.05) is 84.9 Å². The lowest BCUT2D eigenvalue weighted by molar-refractivity contribution is 0.989. The first-order valence-electron chi connectivity index (χ1n) is 16.1. The number of nitriles is 1. The summed E-state index contributed by atoms with van der Waals surface area (Å²) < 4.78 is 0. The van der Waals surface area contributed by atoms with Crippen LogP contribution in [0.4, 0.5) is 0 Å². The van der Waals surface area contributed by atoms with Gasteiger partial charge in [0.05, 0.1) is 11.6 Å².